The van der Waals surface area contributed by atoms with Crippen LogP contribution in [0.1, 0.15) is 42.5 Å². The Balaban J connectivity index is 1.76. The maximum atomic E-state index is 13.0. The standard InChI is InChI=1S/C20H24N2O2S2/c1-13-5-8-19(25-13)26(23,24)22-10-9-18-16(12-22)15-11-14(20(2,3)4)6-7-17(15)21-18/h5-8,11,21H,9-10,12H2,1-4H3. The Bertz CT molecular complexity index is 1080. The van der Waals surface area contributed by atoms with Gasteiger partial charge in [0, 0.05) is 41.0 Å². The lowest BCUT2D eigenvalue weighted by molar-refractivity contribution is 0.392. The third kappa shape index (κ3) is 2.90. The van der Waals surface area contributed by atoms with E-state index in [1.165, 1.54) is 22.6 Å². The lowest BCUT2D eigenvalue weighted by atomic mass is 9.86. The SMILES string of the molecule is Cc1ccc(S(=O)(=O)N2CCc3[nH]c4ccc(C(C)(C)C)cc4c3C2)s1. The first-order valence-corrected chi connectivity index (χ1v) is 11.1. The molecule has 1 aromatic carbocycles. The molecular weight excluding hydrogens is 364 g/mol. The highest BCUT2D eigenvalue weighted by molar-refractivity contribution is 7.91. The summed E-state index contributed by atoms with van der Waals surface area (Å²) in [7, 11) is -3.43. The van der Waals surface area contributed by atoms with Crippen LogP contribution in [0, 0.1) is 6.92 Å². The third-order valence-corrected chi connectivity index (χ3v) is 8.43. The highest BCUT2D eigenvalue weighted by Crippen LogP contribution is 2.34. The Morgan fingerprint density at radius 1 is 1.15 bits per heavy atom. The molecule has 0 spiro atoms. The molecule has 3 heterocycles. The predicted octanol–water partition coefficient (Wildman–Crippen LogP) is 4.58. The van der Waals surface area contributed by atoms with Crippen LogP contribution in [-0.2, 0) is 28.4 Å². The van der Waals surface area contributed by atoms with E-state index in [4.69, 9.17) is 0 Å². The number of nitrogens with zero attached hydrogens (tertiary/aromatic N) is 1. The first kappa shape index (κ1) is 17.8. The van der Waals surface area contributed by atoms with Gasteiger partial charge in [0.25, 0.3) is 10.0 Å². The maximum Gasteiger partial charge on any atom is 0.252 e. The van der Waals surface area contributed by atoms with Gasteiger partial charge in [0.15, 0.2) is 0 Å². The van der Waals surface area contributed by atoms with Crippen LogP contribution < -0.4 is 0 Å². The molecule has 4 rings (SSSR count). The second-order valence-electron chi connectivity index (χ2n) is 8.05. The average Bonchev–Trinajstić information content (AvgIpc) is 3.16. The van der Waals surface area contributed by atoms with E-state index in [0.717, 1.165) is 27.8 Å². The summed E-state index contributed by atoms with van der Waals surface area (Å²) in [6, 6.07) is 10.1. The molecule has 3 aromatic rings. The summed E-state index contributed by atoms with van der Waals surface area (Å²) in [5.74, 6) is 0. The summed E-state index contributed by atoms with van der Waals surface area (Å²) >= 11 is 1.34. The Kier molecular flexibility index (Phi) is 4.06. The fraction of sp³-hybridized carbons (Fsp3) is 0.400. The normalized spacial score (nSPS) is 16.2. The Morgan fingerprint density at radius 2 is 1.92 bits per heavy atom. The number of sulfonamides is 1. The van der Waals surface area contributed by atoms with Gasteiger partial charge in [-0.1, -0.05) is 26.8 Å². The Morgan fingerprint density at radius 3 is 2.58 bits per heavy atom. The zero-order valence-electron chi connectivity index (χ0n) is 15.6. The molecule has 1 aliphatic heterocycles. The lowest BCUT2D eigenvalue weighted by Gasteiger charge is -2.26. The molecule has 0 saturated carbocycles. The molecule has 0 bridgehead atoms. The molecule has 138 valence electrons. The monoisotopic (exact) mass is 388 g/mol. The molecule has 6 heteroatoms. The van der Waals surface area contributed by atoms with Crippen molar-refractivity contribution in [3.63, 3.8) is 0 Å². The third-order valence-electron chi connectivity index (χ3n) is 5.12. The van der Waals surface area contributed by atoms with Crippen LogP contribution in [0.5, 0.6) is 0 Å². The van der Waals surface area contributed by atoms with Gasteiger partial charge in [-0.25, -0.2) is 8.42 Å². The number of H-pyrrole nitrogens is 1. The molecule has 1 aliphatic rings. The van der Waals surface area contributed by atoms with Gasteiger partial charge >= 0.3 is 0 Å². The second-order valence-corrected chi connectivity index (χ2v) is 11.5. The van der Waals surface area contributed by atoms with Crippen LogP contribution in [0.15, 0.2) is 34.5 Å². The van der Waals surface area contributed by atoms with Crippen LogP contribution in [0.2, 0.25) is 0 Å². The topological polar surface area (TPSA) is 53.2 Å². The van der Waals surface area contributed by atoms with Gasteiger partial charge in [0.2, 0.25) is 0 Å². The van der Waals surface area contributed by atoms with E-state index in [1.54, 1.807) is 10.4 Å². The molecule has 0 aliphatic carbocycles. The van der Waals surface area contributed by atoms with E-state index < -0.39 is 10.0 Å². The quantitative estimate of drug-likeness (QED) is 0.698. The van der Waals surface area contributed by atoms with E-state index in [1.807, 2.05) is 13.0 Å². The van der Waals surface area contributed by atoms with E-state index >= 15 is 0 Å². The molecule has 0 saturated heterocycles. The van der Waals surface area contributed by atoms with Gasteiger partial charge in [-0.3, -0.25) is 0 Å². The number of aromatic nitrogens is 1. The highest BCUT2D eigenvalue weighted by atomic mass is 32.2. The van der Waals surface area contributed by atoms with Gasteiger partial charge in [-0.15, -0.1) is 11.3 Å². The smallest absolute Gasteiger partial charge is 0.252 e. The van der Waals surface area contributed by atoms with Crippen molar-refractivity contribution in [3.8, 4) is 0 Å². The van der Waals surface area contributed by atoms with Gasteiger partial charge in [0.05, 0.1) is 0 Å². The summed E-state index contributed by atoms with van der Waals surface area (Å²) in [4.78, 5) is 4.51. The van der Waals surface area contributed by atoms with E-state index in [9.17, 15) is 8.42 Å². The van der Waals surface area contributed by atoms with Crippen molar-refractivity contribution in [1.82, 2.24) is 9.29 Å². The van der Waals surface area contributed by atoms with Crippen molar-refractivity contribution in [3.05, 3.63) is 52.0 Å². The number of aromatic amines is 1. The molecule has 0 atom stereocenters. The number of thiophene rings is 1. The minimum Gasteiger partial charge on any atom is -0.358 e. The molecule has 4 nitrogen and oxygen atoms in total. The number of nitrogens with one attached hydrogen (secondary N) is 1. The first-order valence-electron chi connectivity index (χ1n) is 8.87. The largest absolute Gasteiger partial charge is 0.358 e. The van der Waals surface area contributed by atoms with Crippen molar-refractivity contribution in [2.24, 2.45) is 0 Å². The minimum atomic E-state index is -3.43. The van der Waals surface area contributed by atoms with Crippen molar-refractivity contribution in [2.45, 2.75) is 50.3 Å². The van der Waals surface area contributed by atoms with E-state index in [2.05, 4.69) is 44.0 Å². The van der Waals surface area contributed by atoms with E-state index in [-0.39, 0.29) is 5.41 Å². The number of rotatable bonds is 2. The van der Waals surface area contributed by atoms with Crippen LogP contribution >= 0.6 is 11.3 Å². The summed E-state index contributed by atoms with van der Waals surface area (Å²) in [5.41, 5.74) is 4.71. The molecule has 0 unspecified atom stereocenters. The first-order chi connectivity index (χ1) is 12.2. The van der Waals surface area contributed by atoms with Gasteiger partial charge in [-0.2, -0.15) is 4.31 Å². The van der Waals surface area contributed by atoms with Crippen LogP contribution in [0.25, 0.3) is 10.9 Å². The number of hydrogen-bond acceptors (Lipinski definition) is 3. The highest BCUT2D eigenvalue weighted by Gasteiger charge is 2.31. The number of fused-ring (bicyclic) bond motifs is 3. The molecular formula is C20H24N2O2S2. The minimum absolute atomic E-state index is 0.0628. The zero-order chi connectivity index (χ0) is 18.7. The average molecular weight is 389 g/mol. The fourth-order valence-corrected chi connectivity index (χ4v) is 6.39. The molecule has 26 heavy (non-hydrogen) atoms. The summed E-state index contributed by atoms with van der Waals surface area (Å²) in [6.07, 6.45) is 0.721. The van der Waals surface area contributed by atoms with Gasteiger partial charge in [0.1, 0.15) is 4.21 Å². The molecule has 1 N–H and O–H groups in total. The maximum absolute atomic E-state index is 13.0. The Hall–Kier alpha value is -1.63. The zero-order valence-corrected chi connectivity index (χ0v) is 17.2. The van der Waals surface area contributed by atoms with Crippen molar-refractivity contribution < 1.29 is 8.42 Å². The summed E-state index contributed by atoms with van der Waals surface area (Å²) < 4.78 is 28.1. The summed E-state index contributed by atoms with van der Waals surface area (Å²) in [6.45, 7) is 9.48. The number of benzene rings is 1. The van der Waals surface area contributed by atoms with Crippen molar-refractivity contribution >= 4 is 32.3 Å². The number of hydrogen-bond donors (Lipinski definition) is 1. The molecule has 0 fully saturated rings. The predicted molar refractivity (Wildman–Crippen MR) is 107 cm³/mol. The molecule has 0 radical (unpaired) electrons. The van der Waals surface area contributed by atoms with Crippen LogP contribution in [-0.4, -0.2) is 24.3 Å². The van der Waals surface area contributed by atoms with Crippen LogP contribution in [0.4, 0.5) is 0 Å². The summed E-state index contributed by atoms with van der Waals surface area (Å²) in [5, 5.41) is 1.15. The van der Waals surface area contributed by atoms with Crippen molar-refractivity contribution in [2.75, 3.05) is 6.54 Å². The molecule has 2 aromatic heterocycles. The van der Waals surface area contributed by atoms with E-state index in [0.29, 0.717) is 17.3 Å². The lowest BCUT2D eigenvalue weighted by Crippen LogP contribution is -2.35. The van der Waals surface area contributed by atoms with Crippen LogP contribution in [0.3, 0.4) is 0 Å². The Labute approximate surface area is 158 Å². The number of aryl methyl sites for hydroxylation is 1. The second kappa shape index (κ2) is 5.94. The fourth-order valence-electron chi connectivity index (χ4n) is 3.54. The van der Waals surface area contributed by atoms with Crippen molar-refractivity contribution in [1.29, 1.82) is 0 Å². The van der Waals surface area contributed by atoms with Gasteiger partial charge in [-0.05, 0) is 47.7 Å². The van der Waals surface area contributed by atoms with Gasteiger partial charge < -0.3 is 4.98 Å². The molecule has 0 amide bonds.